The minimum absolute atomic E-state index is 0.161. The first-order valence-corrected chi connectivity index (χ1v) is 3.88. The molecule has 0 unspecified atom stereocenters. The summed E-state index contributed by atoms with van der Waals surface area (Å²) in [5.41, 5.74) is 0. The molecule has 0 bridgehead atoms. The average molecular weight is 253 g/mol. The van der Waals surface area contributed by atoms with Crippen LogP contribution in [0.15, 0.2) is 0 Å². The van der Waals surface area contributed by atoms with Gasteiger partial charge in [0.2, 0.25) is 0 Å². The Balaban J connectivity index is 3.27. The summed E-state index contributed by atoms with van der Waals surface area (Å²) in [7, 11) is 0. The monoisotopic (exact) mass is 253 g/mol. The van der Waals surface area contributed by atoms with Crippen molar-refractivity contribution < 1.29 is 9.53 Å². The highest BCUT2D eigenvalue weighted by molar-refractivity contribution is 14.1. The Morgan fingerprint density at radius 3 is 3.00 bits per heavy atom. The van der Waals surface area contributed by atoms with Gasteiger partial charge in [-0.05, 0) is 10.9 Å². The van der Waals surface area contributed by atoms with E-state index < -0.39 is 6.09 Å². The number of rotatable bonds is 2. The molecule has 0 rings (SSSR count). The average Bonchev–Trinajstić information content (AvgIpc) is 1.89. The lowest BCUT2D eigenvalue weighted by molar-refractivity contribution is 0.161. The molecule has 0 atom stereocenters. The van der Waals surface area contributed by atoms with Gasteiger partial charge in [0.25, 0.3) is 0 Å². The number of amides is 1. The number of hydrogen-bond acceptors (Lipinski definition) is 2. The van der Waals surface area contributed by atoms with E-state index in [2.05, 4.69) is 19.9 Å². The molecule has 0 spiro atoms. The Hall–Kier alpha value is -0.440. The molecule has 0 aliphatic heterocycles. The van der Waals surface area contributed by atoms with Crippen LogP contribution >= 0.6 is 22.6 Å². The fraction of sp³-hybridized carbons (Fsp3) is 0.500. The van der Waals surface area contributed by atoms with Crippen molar-refractivity contribution in [3.8, 4) is 9.85 Å². The van der Waals surface area contributed by atoms with Crippen molar-refractivity contribution in [1.29, 1.82) is 0 Å². The van der Waals surface area contributed by atoms with Crippen molar-refractivity contribution in [2.45, 2.75) is 6.92 Å². The van der Waals surface area contributed by atoms with Gasteiger partial charge in [-0.3, -0.25) is 0 Å². The number of carbonyl (C=O) groups excluding carboxylic acids is 1. The van der Waals surface area contributed by atoms with Crippen molar-refractivity contribution in [2.24, 2.45) is 0 Å². The normalized spacial score (nSPS) is 7.40. The van der Waals surface area contributed by atoms with Crippen LogP contribution < -0.4 is 5.32 Å². The summed E-state index contributed by atoms with van der Waals surface area (Å²) in [6.45, 7) is 2.57. The SMILES string of the molecule is CCNC(=O)OCC#CI. The van der Waals surface area contributed by atoms with Crippen LogP contribution in [0.2, 0.25) is 0 Å². The smallest absolute Gasteiger partial charge is 0.408 e. The van der Waals surface area contributed by atoms with Gasteiger partial charge in [-0.15, -0.1) is 0 Å². The van der Waals surface area contributed by atoms with Gasteiger partial charge >= 0.3 is 6.09 Å². The summed E-state index contributed by atoms with van der Waals surface area (Å²) in [5, 5.41) is 2.47. The van der Waals surface area contributed by atoms with Crippen LogP contribution in [0.5, 0.6) is 0 Å². The molecule has 0 saturated heterocycles. The molecule has 0 aliphatic carbocycles. The molecule has 0 saturated carbocycles. The molecule has 0 aromatic heterocycles. The number of alkyl carbamates (subject to hydrolysis) is 1. The molecular formula is C6H8INO2. The molecule has 56 valence electrons. The number of hydrogen-bond donors (Lipinski definition) is 1. The number of nitrogens with one attached hydrogen (secondary N) is 1. The first kappa shape index (κ1) is 9.56. The van der Waals surface area contributed by atoms with E-state index in [1.165, 1.54) is 0 Å². The number of carbonyl (C=O) groups is 1. The van der Waals surface area contributed by atoms with Crippen LogP contribution in [0.4, 0.5) is 4.79 Å². The molecular weight excluding hydrogens is 245 g/mol. The second-order valence-corrected chi connectivity index (χ2v) is 1.92. The van der Waals surface area contributed by atoms with Crippen molar-refractivity contribution in [2.75, 3.05) is 13.2 Å². The lowest BCUT2D eigenvalue weighted by atomic mass is 10.7. The van der Waals surface area contributed by atoms with Gasteiger partial charge in [-0.1, -0.05) is 5.92 Å². The molecule has 10 heavy (non-hydrogen) atoms. The van der Waals surface area contributed by atoms with Crippen molar-refractivity contribution in [3.05, 3.63) is 0 Å². The van der Waals surface area contributed by atoms with Gasteiger partial charge in [-0.2, -0.15) is 0 Å². The van der Waals surface area contributed by atoms with Gasteiger partial charge in [0.05, 0.1) is 0 Å². The highest BCUT2D eigenvalue weighted by Crippen LogP contribution is 1.76. The summed E-state index contributed by atoms with van der Waals surface area (Å²) >= 11 is 1.88. The quantitative estimate of drug-likeness (QED) is 0.591. The van der Waals surface area contributed by atoms with Crippen LogP contribution in [0.25, 0.3) is 0 Å². The van der Waals surface area contributed by atoms with Gasteiger partial charge in [0, 0.05) is 29.1 Å². The first-order valence-electron chi connectivity index (χ1n) is 2.80. The Labute approximate surface area is 73.6 Å². The zero-order chi connectivity index (χ0) is 7.82. The molecule has 4 heteroatoms. The number of halogens is 1. The Morgan fingerprint density at radius 2 is 2.50 bits per heavy atom. The molecule has 3 nitrogen and oxygen atoms in total. The summed E-state index contributed by atoms with van der Waals surface area (Å²) < 4.78 is 7.17. The third-order valence-corrected chi connectivity index (χ3v) is 1.04. The van der Waals surface area contributed by atoms with E-state index in [0.29, 0.717) is 6.54 Å². The Kier molecular flexibility index (Phi) is 6.38. The third kappa shape index (κ3) is 5.69. The highest BCUT2D eigenvalue weighted by atomic mass is 127. The first-order chi connectivity index (χ1) is 4.81. The Morgan fingerprint density at radius 1 is 1.80 bits per heavy atom. The van der Waals surface area contributed by atoms with E-state index in [0.717, 1.165) is 0 Å². The van der Waals surface area contributed by atoms with E-state index in [-0.39, 0.29) is 6.61 Å². The van der Waals surface area contributed by atoms with Crippen molar-refractivity contribution in [3.63, 3.8) is 0 Å². The van der Waals surface area contributed by atoms with Crippen molar-refractivity contribution in [1.82, 2.24) is 5.32 Å². The number of ether oxygens (including phenoxy) is 1. The molecule has 0 fully saturated rings. The lowest BCUT2D eigenvalue weighted by Crippen LogP contribution is -2.23. The predicted octanol–water partition coefficient (Wildman–Crippen LogP) is 1.13. The zero-order valence-corrected chi connectivity index (χ0v) is 7.77. The van der Waals surface area contributed by atoms with Crippen LogP contribution in [-0.2, 0) is 4.74 Å². The second kappa shape index (κ2) is 6.68. The summed E-state index contributed by atoms with van der Waals surface area (Å²) in [5.74, 6) is 2.59. The minimum Gasteiger partial charge on any atom is -0.436 e. The van der Waals surface area contributed by atoms with Crippen LogP contribution in [0.1, 0.15) is 6.92 Å². The van der Waals surface area contributed by atoms with Crippen LogP contribution in [-0.4, -0.2) is 19.2 Å². The lowest BCUT2D eigenvalue weighted by Gasteiger charge is -1.99. The van der Waals surface area contributed by atoms with Gasteiger partial charge in [0.15, 0.2) is 6.61 Å². The summed E-state index contributed by atoms with van der Waals surface area (Å²) in [6, 6.07) is 0. The Bertz CT molecular complexity index is 159. The topological polar surface area (TPSA) is 38.3 Å². The maximum absolute atomic E-state index is 10.5. The second-order valence-electron chi connectivity index (χ2n) is 1.38. The van der Waals surface area contributed by atoms with E-state index >= 15 is 0 Å². The summed E-state index contributed by atoms with van der Waals surface area (Å²) in [4.78, 5) is 10.5. The van der Waals surface area contributed by atoms with Gasteiger partial charge in [0.1, 0.15) is 0 Å². The van der Waals surface area contributed by atoms with E-state index in [4.69, 9.17) is 0 Å². The molecule has 0 heterocycles. The fourth-order valence-corrected chi connectivity index (χ4v) is 0.480. The molecule has 0 radical (unpaired) electrons. The molecule has 1 N–H and O–H groups in total. The van der Waals surface area contributed by atoms with Crippen molar-refractivity contribution >= 4 is 28.7 Å². The highest BCUT2D eigenvalue weighted by Gasteiger charge is 1.94. The standard InChI is InChI=1S/C6H8INO2/c1-2-8-6(9)10-5-3-4-7/h2,5H2,1H3,(H,8,9). The fourth-order valence-electron chi connectivity index (χ4n) is 0.324. The predicted molar refractivity (Wildman–Crippen MR) is 46.8 cm³/mol. The zero-order valence-electron chi connectivity index (χ0n) is 5.61. The molecule has 0 aromatic rings. The summed E-state index contributed by atoms with van der Waals surface area (Å²) in [6.07, 6.45) is -0.415. The van der Waals surface area contributed by atoms with Crippen LogP contribution in [0.3, 0.4) is 0 Å². The largest absolute Gasteiger partial charge is 0.436 e. The van der Waals surface area contributed by atoms with Gasteiger partial charge < -0.3 is 10.1 Å². The van der Waals surface area contributed by atoms with Gasteiger partial charge in [-0.25, -0.2) is 4.79 Å². The van der Waals surface area contributed by atoms with E-state index in [9.17, 15) is 4.79 Å². The van der Waals surface area contributed by atoms with E-state index in [1.54, 1.807) is 0 Å². The maximum atomic E-state index is 10.5. The molecule has 0 aromatic carbocycles. The molecule has 1 amide bonds. The van der Waals surface area contributed by atoms with E-state index in [1.807, 2.05) is 29.5 Å². The van der Waals surface area contributed by atoms with Crippen LogP contribution in [0, 0.1) is 9.85 Å². The molecule has 0 aliphatic rings. The third-order valence-electron chi connectivity index (χ3n) is 0.663. The maximum Gasteiger partial charge on any atom is 0.408 e. The minimum atomic E-state index is -0.415.